The van der Waals surface area contributed by atoms with E-state index in [4.69, 9.17) is 21.3 Å². The van der Waals surface area contributed by atoms with Crippen LogP contribution in [0.3, 0.4) is 0 Å². The number of benzene rings is 1. The van der Waals surface area contributed by atoms with E-state index >= 15 is 0 Å². The van der Waals surface area contributed by atoms with Crippen LogP contribution in [0.5, 0.6) is 0 Å². The lowest BCUT2D eigenvalue weighted by atomic mass is 9.95. The lowest BCUT2D eigenvalue weighted by Crippen LogP contribution is -2.18. The Morgan fingerprint density at radius 3 is 2.58 bits per heavy atom. The predicted molar refractivity (Wildman–Crippen MR) is 98.2 cm³/mol. The van der Waals surface area contributed by atoms with Crippen LogP contribution < -0.4 is 0 Å². The maximum Gasteiger partial charge on any atom is 0.302 e. The summed E-state index contributed by atoms with van der Waals surface area (Å²) >= 11 is 6.03. The van der Waals surface area contributed by atoms with Gasteiger partial charge >= 0.3 is 5.97 Å². The minimum Gasteiger partial charge on any atom is -0.466 e. The second-order valence-corrected chi connectivity index (χ2v) is 7.71. The number of hydrogen-bond donors (Lipinski definition) is 0. The molecular weight excluding hydrogens is 350 g/mol. The zero-order chi connectivity index (χ0) is 18.1. The molecule has 2 aromatic rings. The summed E-state index contributed by atoms with van der Waals surface area (Å²) in [7, 11) is 0. The van der Waals surface area contributed by atoms with Crippen LogP contribution in [0.2, 0.25) is 5.02 Å². The molecule has 0 bridgehead atoms. The standard InChI is InChI=1S/C20H22ClN3O2/c1-13(25)26-12-2-3-17-18(14-4-5-14)23-24-19(22-17)20(10-11-20)15-6-8-16(21)9-7-15/h6-9,14H,2-5,10-12H2,1H3. The molecule has 2 saturated carbocycles. The Labute approximate surface area is 158 Å². The molecule has 4 rings (SSSR count). The van der Waals surface area contributed by atoms with Gasteiger partial charge in [0.2, 0.25) is 0 Å². The van der Waals surface area contributed by atoms with Crippen LogP contribution in [-0.4, -0.2) is 27.8 Å². The van der Waals surface area contributed by atoms with Gasteiger partial charge in [0.25, 0.3) is 0 Å². The van der Waals surface area contributed by atoms with E-state index in [2.05, 4.69) is 22.3 Å². The van der Waals surface area contributed by atoms with Gasteiger partial charge in [0, 0.05) is 17.9 Å². The average Bonchev–Trinajstić information content (AvgIpc) is 3.53. The van der Waals surface area contributed by atoms with E-state index in [0.717, 1.165) is 60.8 Å². The van der Waals surface area contributed by atoms with E-state index in [0.29, 0.717) is 12.5 Å². The summed E-state index contributed by atoms with van der Waals surface area (Å²) < 4.78 is 5.05. The molecule has 0 atom stereocenters. The van der Waals surface area contributed by atoms with Gasteiger partial charge in [-0.05, 0) is 56.2 Å². The Morgan fingerprint density at radius 2 is 1.96 bits per heavy atom. The number of nitrogens with zero attached hydrogens (tertiary/aromatic N) is 3. The lowest BCUT2D eigenvalue weighted by Gasteiger charge is -2.16. The number of aryl methyl sites for hydroxylation is 1. The molecule has 0 amide bonds. The van der Waals surface area contributed by atoms with Crippen molar-refractivity contribution in [3.8, 4) is 0 Å². The van der Waals surface area contributed by atoms with Crippen LogP contribution in [0, 0.1) is 0 Å². The van der Waals surface area contributed by atoms with Crippen LogP contribution in [0.15, 0.2) is 24.3 Å². The molecule has 1 aromatic heterocycles. The summed E-state index contributed by atoms with van der Waals surface area (Å²) in [5.41, 5.74) is 3.13. The number of carbonyl (C=O) groups is 1. The first-order valence-electron chi connectivity index (χ1n) is 9.22. The molecule has 2 aliphatic rings. The molecule has 0 aliphatic heterocycles. The van der Waals surface area contributed by atoms with Crippen LogP contribution in [0.4, 0.5) is 0 Å². The molecule has 0 unspecified atom stereocenters. The second-order valence-electron chi connectivity index (χ2n) is 7.27. The Hall–Kier alpha value is -2.01. The molecule has 2 aliphatic carbocycles. The highest BCUT2D eigenvalue weighted by atomic mass is 35.5. The van der Waals surface area contributed by atoms with Gasteiger partial charge in [0.05, 0.1) is 23.4 Å². The molecular formula is C20H22ClN3O2. The fourth-order valence-electron chi connectivity index (χ4n) is 3.42. The zero-order valence-electron chi connectivity index (χ0n) is 14.9. The Morgan fingerprint density at radius 1 is 1.23 bits per heavy atom. The van der Waals surface area contributed by atoms with E-state index in [1.54, 1.807) is 0 Å². The van der Waals surface area contributed by atoms with Crippen molar-refractivity contribution in [1.29, 1.82) is 0 Å². The topological polar surface area (TPSA) is 65.0 Å². The van der Waals surface area contributed by atoms with Crippen molar-refractivity contribution < 1.29 is 9.53 Å². The summed E-state index contributed by atoms with van der Waals surface area (Å²) in [6.45, 7) is 1.85. The van der Waals surface area contributed by atoms with Crippen molar-refractivity contribution in [3.63, 3.8) is 0 Å². The molecule has 0 spiro atoms. The number of ether oxygens (including phenoxy) is 1. The van der Waals surface area contributed by atoms with Crippen molar-refractivity contribution in [2.24, 2.45) is 0 Å². The molecule has 0 N–H and O–H groups in total. The Balaban J connectivity index is 1.58. The van der Waals surface area contributed by atoms with Gasteiger partial charge < -0.3 is 4.74 Å². The van der Waals surface area contributed by atoms with Crippen LogP contribution in [-0.2, 0) is 21.4 Å². The highest BCUT2D eigenvalue weighted by molar-refractivity contribution is 6.30. The average molecular weight is 372 g/mol. The molecule has 136 valence electrons. The number of carbonyl (C=O) groups excluding carboxylic acids is 1. The summed E-state index contributed by atoms with van der Waals surface area (Å²) in [6.07, 6.45) is 5.91. The fourth-order valence-corrected chi connectivity index (χ4v) is 3.54. The first-order valence-corrected chi connectivity index (χ1v) is 9.60. The van der Waals surface area contributed by atoms with Gasteiger partial charge in [-0.2, -0.15) is 5.10 Å². The number of esters is 1. The van der Waals surface area contributed by atoms with E-state index in [9.17, 15) is 4.79 Å². The van der Waals surface area contributed by atoms with E-state index < -0.39 is 0 Å². The molecule has 26 heavy (non-hydrogen) atoms. The quantitative estimate of drug-likeness (QED) is 0.544. The van der Waals surface area contributed by atoms with Gasteiger partial charge in [-0.3, -0.25) is 4.79 Å². The maximum absolute atomic E-state index is 10.9. The van der Waals surface area contributed by atoms with Crippen molar-refractivity contribution in [1.82, 2.24) is 15.2 Å². The predicted octanol–water partition coefficient (Wildman–Crippen LogP) is 3.98. The summed E-state index contributed by atoms with van der Waals surface area (Å²) in [5, 5.41) is 9.80. The first-order chi connectivity index (χ1) is 12.6. The molecule has 6 heteroatoms. The first kappa shape index (κ1) is 17.4. The molecule has 0 radical (unpaired) electrons. The summed E-state index contributed by atoms with van der Waals surface area (Å²) in [5.74, 6) is 1.07. The normalized spacial score (nSPS) is 17.8. The fraction of sp³-hybridized carbons (Fsp3) is 0.500. The molecule has 1 heterocycles. The largest absolute Gasteiger partial charge is 0.466 e. The molecule has 0 saturated heterocycles. The highest BCUT2D eigenvalue weighted by Crippen LogP contribution is 2.52. The second kappa shape index (κ2) is 6.95. The van der Waals surface area contributed by atoms with Gasteiger partial charge in [0.15, 0.2) is 5.82 Å². The Bertz CT molecular complexity index is 814. The smallest absolute Gasteiger partial charge is 0.302 e. The van der Waals surface area contributed by atoms with E-state index in [-0.39, 0.29) is 11.4 Å². The SMILES string of the molecule is CC(=O)OCCCc1nc(C2(c3ccc(Cl)cc3)CC2)nnc1C1CC1. The minimum absolute atomic E-state index is 0.121. The van der Waals surface area contributed by atoms with Crippen molar-refractivity contribution in [3.05, 3.63) is 52.1 Å². The minimum atomic E-state index is -0.242. The van der Waals surface area contributed by atoms with Gasteiger partial charge in [-0.25, -0.2) is 4.98 Å². The molecule has 1 aromatic carbocycles. The number of rotatable bonds is 7. The third kappa shape index (κ3) is 3.58. The van der Waals surface area contributed by atoms with Crippen molar-refractivity contribution >= 4 is 17.6 Å². The van der Waals surface area contributed by atoms with E-state index in [1.807, 2.05) is 12.1 Å². The van der Waals surface area contributed by atoms with Crippen molar-refractivity contribution in [2.45, 2.75) is 56.8 Å². The number of halogens is 1. The van der Waals surface area contributed by atoms with Crippen LogP contribution in [0.1, 0.15) is 67.7 Å². The van der Waals surface area contributed by atoms with E-state index in [1.165, 1.54) is 12.5 Å². The van der Waals surface area contributed by atoms with Crippen LogP contribution >= 0.6 is 11.6 Å². The summed E-state index contributed by atoms with van der Waals surface area (Å²) in [4.78, 5) is 15.9. The Kier molecular flexibility index (Phi) is 4.65. The zero-order valence-corrected chi connectivity index (χ0v) is 15.6. The lowest BCUT2D eigenvalue weighted by molar-refractivity contribution is -0.141. The molecule has 5 nitrogen and oxygen atoms in total. The van der Waals surface area contributed by atoms with Crippen LogP contribution in [0.25, 0.3) is 0 Å². The van der Waals surface area contributed by atoms with Gasteiger partial charge in [0.1, 0.15) is 0 Å². The van der Waals surface area contributed by atoms with Gasteiger partial charge in [-0.1, -0.05) is 23.7 Å². The van der Waals surface area contributed by atoms with Gasteiger partial charge in [-0.15, -0.1) is 5.10 Å². The maximum atomic E-state index is 10.9. The highest BCUT2D eigenvalue weighted by Gasteiger charge is 2.49. The number of aromatic nitrogens is 3. The number of hydrogen-bond acceptors (Lipinski definition) is 5. The third-order valence-electron chi connectivity index (χ3n) is 5.19. The summed E-state index contributed by atoms with van der Waals surface area (Å²) in [6, 6.07) is 7.97. The third-order valence-corrected chi connectivity index (χ3v) is 5.44. The van der Waals surface area contributed by atoms with Crippen molar-refractivity contribution in [2.75, 3.05) is 6.61 Å². The monoisotopic (exact) mass is 371 g/mol. The molecule has 2 fully saturated rings.